The Morgan fingerprint density at radius 2 is 2.06 bits per heavy atom. The number of likely N-dealkylation sites (tertiary alicyclic amines) is 1. The van der Waals surface area contributed by atoms with E-state index < -0.39 is 11.1 Å². The molecule has 96 valence electrons. The summed E-state index contributed by atoms with van der Waals surface area (Å²) in [4.78, 5) is 13.7. The van der Waals surface area contributed by atoms with Crippen molar-refractivity contribution in [3.05, 3.63) is 0 Å². The molecule has 0 bridgehead atoms. The van der Waals surface area contributed by atoms with Crippen LogP contribution in [0.15, 0.2) is 0 Å². The third-order valence-corrected chi connectivity index (χ3v) is 3.36. The molecule has 2 N–H and O–H groups in total. The van der Waals surface area contributed by atoms with E-state index in [9.17, 15) is 9.90 Å². The molecule has 1 aliphatic heterocycles. The molecule has 0 atom stereocenters. The Bertz CT molecular complexity index is 319. The maximum Gasteiger partial charge on any atom is 0.235 e. The molecule has 1 fully saturated rings. The Morgan fingerprint density at radius 3 is 2.41 bits per heavy atom. The van der Waals surface area contributed by atoms with Gasteiger partial charge in [0.15, 0.2) is 0 Å². The minimum Gasteiger partial charge on any atom is -0.388 e. The van der Waals surface area contributed by atoms with Crippen LogP contribution in [0.3, 0.4) is 0 Å². The molecule has 0 aromatic carbocycles. The number of aliphatic hydroxyl groups is 1. The molecule has 0 radical (unpaired) electrons. The molecule has 0 aromatic rings. The lowest BCUT2D eigenvalue weighted by Gasteiger charge is -2.44. The highest BCUT2D eigenvalue weighted by Crippen LogP contribution is 2.19. The molecule has 1 rings (SSSR count). The molecule has 1 saturated heterocycles. The van der Waals surface area contributed by atoms with Crippen LogP contribution >= 0.6 is 0 Å². The third kappa shape index (κ3) is 3.45. The molecule has 4 heteroatoms. The first-order chi connectivity index (χ1) is 7.86. The molecule has 0 aliphatic carbocycles. The lowest BCUT2D eigenvalue weighted by molar-refractivity contribution is -0.131. The number of hydrogen-bond acceptors (Lipinski definition) is 3. The monoisotopic (exact) mass is 238 g/mol. The van der Waals surface area contributed by atoms with E-state index in [-0.39, 0.29) is 5.91 Å². The number of nitrogens with zero attached hydrogens (tertiary/aromatic N) is 1. The number of nitrogens with one attached hydrogen (secondary N) is 1. The predicted octanol–water partition coefficient (Wildman–Crippen LogP) is 0.361. The minimum atomic E-state index is -0.640. The van der Waals surface area contributed by atoms with Gasteiger partial charge in [-0.15, -0.1) is 6.42 Å². The Morgan fingerprint density at radius 1 is 1.53 bits per heavy atom. The second-order valence-electron chi connectivity index (χ2n) is 5.12. The SMILES string of the molecule is C#CC(CC)(CC)NC(=O)CN1CC(C)(O)C1. The summed E-state index contributed by atoms with van der Waals surface area (Å²) in [6.07, 6.45) is 6.93. The van der Waals surface area contributed by atoms with Gasteiger partial charge in [0, 0.05) is 13.1 Å². The van der Waals surface area contributed by atoms with E-state index in [1.165, 1.54) is 0 Å². The van der Waals surface area contributed by atoms with Crippen molar-refractivity contribution in [3.8, 4) is 12.3 Å². The Labute approximate surface area is 103 Å². The molecule has 0 unspecified atom stereocenters. The largest absolute Gasteiger partial charge is 0.388 e. The van der Waals surface area contributed by atoms with Crippen molar-refractivity contribution in [3.63, 3.8) is 0 Å². The molecule has 1 amide bonds. The van der Waals surface area contributed by atoms with Crippen molar-refractivity contribution in [2.75, 3.05) is 19.6 Å². The number of carbonyl (C=O) groups excluding carboxylic acids is 1. The molecule has 4 nitrogen and oxygen atoms in total. The zero-order valence-electron chi connectivity index (χ0n) is 10.9. The van der Waals surface area contributed by atoms with Gasteiger partial charge in [-0.2, -0.15) is 0 Å². The first kappa shape index (κ1) is 14.0. The highest BCUT2D eigenvalue weighted by Gasteiger charge is 2.37. The number of amides is 1. The average Bonchev–Trinajstić information content (AvgIpc) is 2.23. The summed E-state index contributed by atoms with van der Waals surface area (Å²) < 4.78 is 0. The molecule has 17 heavy (non-hydrogen) atoms. The molecular weight excluding hydrogens is 216 g/mol. The normalized spacial score (nSPS) is 19.2. The lowest BCUT2D eigenvalue weighted by atomic mass is 9.93. The Hall–Kier alpha value is -1.05. The zero-order chi connectivity index (χ0) is 13.1. The minimum absolute atomic E-state index is 0.0675. The third-order valence-electron chi connectivity index (χ3n) is 3.36. The van der Waals surface area contributed by atoms with E-state index in [4.69, 9.17) is 6.42 Å². The van der Waals surface area contributed by atoms with Crippen molar-refractivity contribution in [2.24, 2.45) is 0 Å². The summed E-state index contributed by atoms with van der Waals surface area (Å²) in [6, 6.07) is 0. The molecule has 0 aromatic heterocycles. The van der Waals surface area contributed by atoms with E-state index in [0.29, 0.717) is 19.6 Å². The van der Waals surface area contributed by atoms with Crippen LogP contribution in [-0.2, 0) is 4.79 Å². The van der Waals surface area contributed by atoms with Crippen molar-refractivity contribution >= 4 is 5.91 Å². The summed E-state index contributed by atoms with van der Waals surface area (Å²) in [7, 11) is 0. The zero-order valence-corrected chi connectivity index (χ0v) is 10.9. The fourth-order valence-corrected chi connectivity index (χ4v) is 2.21. The van der Waals surface area contributed by atoms with Gasteiger partial charge in [-0.3, -0.25) is 9.69 Å². The van der Waals surface area contributed by atoms with Gasteiger partial charge in [0.1, 0.15) is 5.54 Å². The van der Waals surface area contributed by atoms with Crippen LogP contribution in [0.1, 0.15) is 33.6 Å². The Kier molecular flexibility index (Phi) is 4.18. The quantitative estimate of drug-likeness (QED) is 0.680. The maximum atomic E-state index is 11.8. The van der Waals surface area contributed by atoms with Gasteiger partial charge in [0.2, 0.25) is 5.91 Å². The first-order valence-corrected chi connectivity index (χ1v) is 6.10. The molecule has 1 heterocycles. The van der Waals surface area contributed by atoms with Gasteiger partial charge in [-0.25, -0.2) is 0 Å². The lowest BCUT2D eigenvalue weighted by Crippen LogP contribution is -2.62. The van der Waals surface area contributed by atoms with Crippen LogP contribution in [0, 0.1) is 12.3 Å². The second kappa shape index (κ2) is 5.07. The fraction of sp³-hybridized carbons (Fsp3) is 0.769. The summed E-state index contributed by atoms with van der Waals surface area (Å²) in [5.41, 5.74) is -1.16. The van der Waals surface area contributed by atoms with Crippen LogP contribution in [0.5, 0.6) is 0 Å². The van der Waals surface area contributed by atoms with Crippen LogP contribution in [0.25, 0.3) is 0 Å². The highest BCUT2D eigenvalue weighted by molar-refractivity contribution is 5.79. The van der Waals surface area contributed by atoms with Gasteiger partial charge in [-0.05, 0) is 19.8 Å². The van der Waals surface area contributed by atoms with Crippen molar-refractivity contribution in [1.29, 1.82) is 0 Å². The number of terminal acetylenes is 1. The summed E-state index contributed by atoms with van der Waals surface area (Å²) >= 11 is 0. The van der Waals surface area contributed by atoms with Gasteiger partial charge < -0.3 is 10.4 Å². The maximum absolute atomic E-state index is 11.8. The first-order valence-electron chi connectivity index (χ1n) is 6.10. The van der Waals surface area contributed by atoms with Crippen LogP contribution in [-0.4, -0.2) is 46.7 Å². The number of hydrogen-bond donors (Lipinski definition) is 2. The molecule has 0 spiro atoms. The molecule has 0 saturated carbocycles. The molecule has 1 aliphatic rings. The van der Waals surface area contributed by atoms with E-state index >= 15 is 0 Å². The summed E-state index contributed by atoms with van der Waals surface area (Å²) in [5, 5.41) is 12.5. The fourth-order valence-electron chi connectivity index (χ4n) is 2.21. The van der Waals surface area contributed by atoms with Crippen LogP contribution in [0.2, 0.25) is 0 Å². The molecular formula is C13H22N2O2. The summed E-state index contributed by atoms with van der Waals surface area (Å²) in [6.45, 7) is 7.10. The van der Waals surface area contributed by atoms with Gasteiger partial charge in [-0.1, -0.05) is 19.8 Å². The second-order valence-corrected chi connectivity index (χ2v) is 5.12. The predicted molar refractivity (Wildman–Crippen MR) is 67.4 cm³/mol. The van der Waals surface area contributed by atoms with Gasteiger partial charge in [0.05, 0.1) is 12.1 Å². The van der Waals surface area contributed by atoms with E-state index in [1.54, 1.807) is 6.92 Å². The highest BCUT2D eigenvalue weighted by atomic mass is 16.3. The van der Waals surface area contributed by atoms with Crippen molar-refractivity contribution in [2.45, 2.75) is 44.8 Å². The van der Waals surface area contributed by atoms with E-state index in [0.717, 1.165) is 12.8 Å². The number of rotatable bonds is 5. The number of carbonyl (C=O) groups is 1. The van der Waals surface area contributed by atoms with Crippen molar-refractivity contribution in [1.82, 2.24) is 10.2 Å². The Balaban J connectivity index is 2.42. The van der Waals surface area contributed by atoms with Gasteiger partial charge >= 0.3 is 0 Å². The standard InChI is InChI=1S/C13H22N2O2/c1-5-13(6-2,7-3)14-11(16)8-15-9-12(4,17)10-15/h1,17H,6-10H2,2-4H3,(H,14,16). The smallest absolute Gasteiger partial charge is 0.235 e. The van der Waals surface area contributed by atoms with E-state index in [2.05, 4.69) is 11.2 Å². The van der Waals surface area contributed by atoms with Crippen molar-refractivity contribution < 1.29 is 9.90 Å². The van der Waals surface area contributed by atoms with Crippen LogP contribution < -0.4 is 5.32 Å². The number of β-amino-alcohol motifs (C(OH)–C–C–N with tert-alkyl or cyclic N) is 1. The van der Waals surface area contributed by atoms with E-state index in [1.807, 2.05) is 18.7 Å². The van der Waals surface area contributed by atoms with Gasteiger partial charge in [0.25, 0.3) is 0 Å². The topological polar surface area (TPSA) is 52.6 Å². The van der Waals surface area contributed by atoms with Crippen LogP contribution in [0.4, 0.5) is 0 Å². The average molecular weight is 238 g/mol. The summed E-state index contributed by atoms with van der Waals surface area (Å²) in [5.74, 6) is 2.60.